The monoisotopic (exact) mass is 422 g/mol. The summed E-state index contributed by atoms with van der Waals surface area (Å²) >= 11 is 0. The molecule has 0 aliphatic carbocycles. The second-order valence-electron chi connectivity index (χ2n) is 7.13. The topological polar surface area (TPSA) is 132 Å². The average Bonchev–Trinajstić information content (AvgIpc) is 3.47. The van der Waals surface area contributed by atoms with Gasteiger partial charge in [-0.05, 0) is 30.7 Å². The van der Waals surface area contributed by atoms with E-state index in [9.17, 15) is 5.26 Å². The number of hydrogen-bond donors (Lipinski definition) is 1. The van der Waals surface area contributed by atoms with E-state index >= 15 is 0 Å². The van der Waals surface area contributed by atoms with Gasteiger partial charge in [-0.1, -0.05) is 25.1 Å². The Bertz CT molecular complexity index is 1460. The van der Waals surface area contributed by atoms with Gasteiger partial charge in [-0.3, -0.25) is 4.98 Å². The molecule has 4 aromatic heterocycles. The van der Waals surface area contributed by atoms with Crippen molar-refractivity contribution in [2.24, 2.45) is 0 Å². The molecule has 0 bridgehead atoms. The summed E-state index contributed by atoms with van der Waals surface area (Å²) in [5.41, 5.74) is 10.8. The molecule has 0 aliphatic rings. The number of nitriles is 1. The van der Waals surface area contributed by atoms with E-state index in [1.807, 2.05) is 31.2 Å². The van der Waals surface area contributed by atoms with Crippen molar-refractivity contribution in [3.05, 3.63) is 77.8 Å². The second-order valence-corrected chi connectivity index (χ2v) is 7.13. The van der Waals surface area contributed by atoms with Crippen molar-refractivity contribution in [1.29, 1.82) is 5.26 Å². The normalized spacial score (nSPS) is 11.0. The number of rotatable bonds is 5. The fourth-order valence-corrected chi connectivity index (χ4v) is 3.62. The SMILES string of the molecule is CCc1ncoc1-c1c(-c2cccc(C#N)c2)nc(N)n2nc(Cc3ccccn3)nc12. The lowest BCUT2D eigenvalue weighted by Gasteiger charge is -2.11. The maximum absolute atomic E-state index is 9.36. The first kappa shape index (κ1) is 19.4. The number of aromatic nitrogens is 6. The molecule has 0 amide bonds. The van der Waals surface area contributed by atoms with Gasteiger partial charge in [-0.25, -0.2) is 15.0 Å². The Morgan fingerprint density at radius 3 is 2.81 bits per heavy atom. The minimum Gasteiger partial charge on any atom is -0.443 e. The Labute approximate surface area is 183 Å². The molecule has 0 fully saturated rings. The van der Waals surface area contributed by atoms with Gasteiger partial charge >= 0.3 is 0 Å². The minimum absolute atomic E-state index is 0.179. The smallest absolute Gasteiger partial charge is 0.223 e. The number of nitrogen functional groups attached to an aromatic ring is 1. The van der Waals surface area contributed by atoms with Crippen LogP contribution in [0.2, 0.25) is 0 Å². The zero-order valence-corrected chi connectivity index (χ0v) is 17.2. The molecule has 5 rings (SSSR count). The summed E-state index contributed by atoms with van der Waals surface area (Å²) in [6, 6.07) is 15.0. The summed E-state index contributed by atoms with van der Waals surface area (Å²) < 4.78 is 7.29. The van der Waals surface area contributed by atoms with Gasteiger partial charge in [-0.15, -0.1) is 5.10 Å². The van der Waals surface area contributed by atoms with Crippen molar-refractivity contribution in [3.63, 3.8) is 0 Å². The van der Waals surface area contributed by atoms with E-state index in [4.69, 9.17) is 15.1 Å². The van der Waals surface area contributed by atoms with Gasteiger partial charge < -0.3 is 10.2 Å². The second kappa shape index (κ2) is 7.92. The number of nitrogens with zero attached hydrogens (tertiary/aromatic N) is 7. The molecule has 0 unspecified atom stereocenters. The molecule has 0 aliphatic heterocycles. The van der Waals surface area contributed by atoms with Crippen LogP contribution in [0.1, 0.15) is 29.7 Å². The Hall–Kier alpha value is -4.58. The number of benzene rings is 1. The largest absolute Gasteiger partial charge is 0.443 e. The van der Waals surface area contributed by atoms with Gasteiger partial charge in [0.25, 0.3) is 0 Å². The van der Waals surface area contributed by atoms with E-state index in [0.29, 0.717) is 46.9 Å². The van der Waals surface area contributed by atoms with E-state index in [1.165, 1.54) is 10.9 Å². The highest BCUT2D eigenvalue weighted by Crippen LogP contribution is 2.36. The first-order valence-electron chi connectivity index (χ1n) is 10.1. The van der Waals surface area contributed by atoms with E-state index in [2.05, 4.69) is 26.1 Å². The van der Waals surface area contributed by atoms with Crippen LogP contribution < -0.4 is 5.73 Å². The summed E-state index contributed by atoms with van der Waals surface area (Å²) in [6.45, 7) is 2.00. The average molecular weight is 422 g/mol. The minimum atomic E-state index is 0.179. The van der Waals surface area contributed by atoms with Crippen molar-refractivity contribution in [3.8, 4) is 28.7 Å². The Balaban J connectivity index is 1.78. The lowest BCUT2D eigenvalue weighted by Crippen LogP contribution is -2.06. The fraction of sp³-hybridized carbons (Fsp3) is 0.130. The Morgan fingerprint density at radius 2 is 2.03 bits per heavy atom. The third-order valence-electron chi connectivity index (χ3n) is 5.09. The molecule has 2 N–H and O–H groups in total. The summed E-state index contributed by atoms with van der Waals surface area (Å²) in [4.78, 5) is 18.1. The number of nitrogens with two attached hydrogens (primary N) is 1. The van der Waals surface area contributed by atoms with E-state index in [-0.39, 0.29) is 5.95 Å². The van der Waals surface area contributed by atoms with E-state index in [0.717, 1.165) is 17.0 Å². The standard InChI is InChI=1S/C23H18N8O/c1-2-17-21(32-13-27-17)19-20(15-7-5-6-14(10-15)12-24)29-23(25)31-22(19)28-18(30-31)11-16-8-3-4-9-26-16/h3-10,13H,2,11H2,1H3,(H2,25,29). The van der Waals surface area contributed by atoms with Gasteiger partial charge in [0.1, 0.15) is 0 Å². The lowest BCUT2D eigenvalue weighted by molar-refractivity contribution is 0.571. The van der Waals surface area contributed by atoms with Gasteiger partial charge in [0, 0.05) is 17.5 Å². The van der Waals surface area contributed by atoms with E-state index < -0.39 is 0 Å². The van der Waals surface area contributed by atoms with Crippen molar-refractivity contribution >= 4 is 11.6 Å². The molecule has 32 heavy (non-hydrogen) atoms. The number of aryl methyl sites for hydroxylation is 1. The molecular weight excluding hydrogens is 404 g/mol. The molecule has 9 heteroatoms. The third kappa shape index (κ3) is 3.33. The summed E-state index contributed by atoms with van der Waals surface area (Å²) in [7, 11) is 0. The summed E-state index contributed by atoms with van der Waals surface area (Å²) in [5.74, 6) is 1.29. The van der Waals surface area contributed by atoms with Gasteiger partial charge in [0.05, 0.1) is 35.0 Å². The molecule has 1 aromatic carbocycles. The molecule has 0 saturated carbocycles. The van der Waals surface area contributed by atoms with Crippen LogP contribution >= 0.6 is 0 Å². The predicted molar refractivity (Wildman–Crippen MR) is 117 cm³/mol. The van der Waals surface area contributed by atoms with Crippen LogP contribution in [0.15, 0.2) is 59.5 Å². The summed E-state index contributed by atoms with van der Waals surface area (Å²) in [5, 5.41) is 13.9. The Kier molecular flexibility index (Phi) is 4.80. The van der Waals surface area contributed by atoms with Crippen molar-refractivity contribution in [2.75, 3.05) is 5.73 Å². The van der Waals surface area contributed by atoms with Gasteiger partial charge in [0.15, 0.2) is 23.6 Å². The molecule has 0 spiro atoms. The van der Waals surface area contributed by atoms with Crippen LogP contribution in [0.5, 0.6) is 0 Å². The zero-order valence-electron chi connectivity index (χ0n) is 17.2. The number of pyridine rings is 1. The lowest BCUT2D eigenvalue weighted by atomic mass is 10.0. The third-order valence-corrected chi connectivity index (χ3v) is 5.09. The highest BCUT2D eigenvalue weighted by atomic mass is 16.3. The van der Waals surface area contributed by atoms with Crippen LogP contribution in [-0.2, 0) is 12.8 Å². The molecule has 156 valence electrons. The van der Waals surface area contributed by atoms with Gasteiger partial charge in [0.2, 0.25) is 5.95 Å². The van der Waals surface area contributed by atoms with Crippen LogP contribution in [0.25, 0.3) is 28.2 Å². The number of anilines is 1. The zero-order chi connectivity index (χ0) is 22.1. The number of oxazole rings is 1. The van der Waals surface area contributed by atoms with Crippen LogP contribution in [-0.4, -0.2) is 29.5 Å². The number of hydrogen-bond acceptors (Lipinski definition) is 8. The molecule has 0 saturated heterocycles. The van der Waals surface area contributed by atoms with Crippen molar-refractivity contribution < 1.29 is 4.42 Å². The van der Waals surface area contributed by atoms with Crippen LogP contribution in [0.3, 0.4) is 0 Å². The molecule has 5 aromatic rings. The van der Waals surface area contributed by atoms with Crippen molar-refractivity contribution in [2.45, 2.75) is 19.8 Å². The van der Waals surface area contributed by atoms with Crippen LogP contribution in [0, 0.1) is 11.3 Å². The highest BCUT2D eigenvalue weighted by molar-refractivity contribution is 5.89. The van der Waals surface area contributed by atoms with Crippen LogP contribution in [0.4, 0.5) is 5.95 Å². The Morgan fingerprint density at radius 1 is 1.12 bits per heavy atom. The number of fused-ring (bicyclic) bond motifs is 1. The fourth-order valence-electron chi connectivity index (χ4n) is 3.62. The first-order valence-corrected chi connectivity index (χ1v) is 10.1. The molecule has 0 radical (unpaired) electrons. The van der Waals surface area contributed by atoms with Crippen molar-refractivity contribution in [1.82, 2.24) is 29.5 Å². The first-order chi connectivity index (χ1) is 15.7. The quantitative estimate of drug-likeness (QED) is 0.455. The maximum atomic E-state index is 9.36. The van der Waals surface area contributed by atoms with Gasteiger partial charge in [-0.2, -0.15) is 9.78 Å². The maximum Gasteiger partial charge on any atom is 0.223 e. The molecule has 4 heterocycles. The van der Waals surface area contributed by atoms with E-state index in [1.54, 1.807) is 24.4 Å². The molecule has 9 nitrogen and oxygen atoms in total. The highest BCUT2D eigenvalue weighted by Gasteiger charge is 2.24. The summed E-state index contributed by atoms with van der Waals surface area (Å²) in [6.07, 6.45) is 4.24. The molecular formula is C23H18N8O. The predicted octanol–water partition coefficient (Wildman–Crippen LogP) is 3.45. The molecule has 0 atom stereocenters.